The van der Waals surface area contributed by atoms with Gasteiger partial charge in [-0.25, -0.2) is 0 Å². The lowest BCUT2D eigenvalue weighted by molar-refractivity contribution is 0.0954. The van der Waals surface area contributed by atoms with E-state index >= 15 is 0 Å². The van der Waals surface area contributed by atoms with Crippen molar-refractivity contribution in [2.45, 2.75) is 6.92 Å². The minimum Gasteiger partial charge on any atom is -0.351 e. The second-order valence-electron chi connectivity index (χ2n) is 3.87. The minimum absolute atomic E-state index is 0. The fourth-order valence-corrected chi connectivity index (χ4v) is 1.65. The monoisotopic (exact) mass is 280 g/mol. The first-order valence-corrected chi connectivity index (χ1v) is 6.01. The van der Waals surface area contributed by atoms with E-state index in [4.69, 9.17) is 0 Å². The lowest BCUT2D eigenvalue weighted by Gasteiger charge is -2.06. The Hall–Kier alpha value is -1.72. The SMILES string of the molecule is CCNCCNC(=O)c1ccc2nccnc2c1.Cl. The molecule has 0 atom stereocenters. The van der Waals surface area contributed by atoms with Crippen LogP contribution >= 0.6 is 12.4 Å². The van der Waals surface area contributed by atoms with Crippen molar-refractivity contribution in [2.75, 3.05) is 19.6 Å². The summed E-state index contributed by atoms with van der Waals surface area (Å²) in [6.07, 6.45) is 3.26. The molecule has 0 aliphatic rings. The summed E-state index contributed by atoms with van der Waals surface area (Å²) < 4.78 is 0. The van der Waals surface area contributed by atoms with Gasteiger partial charge in [-0.05, 0) is 24.7 Å². The second kappa shape index (κ2) is 7.66. The van der Waals surface area contributed by atoms with Crippen LogP contribution in [0.2, 0.25) is 0 Å². The van der Waals surface area contributed by atoms with Crippen molar-refractivity contribution in [1.29, 1.82) is 0 Å². The molecule has 0 radical (unpaired) electrons. The van der Waals surface area contributed by atoms with Crippen LogP contribution in [-0.2, 0) is 0 Å². The van der Waals surface area contributed by atoms with Crippen molar-refractivity contribution >= 4 is 29.3 Å². The number of likely N-dealkylation sites (N-methyl/N-ethyl adjacent to an activating group) is 1. The number of carbonyl (C=O) groups is 1. The first-order valence-electron chi connectivity index (χ1n) is 6.01. The number of hydrogen-bond acceptors (Lipinski definition) is 4. The Labute approximate surface area is 118 Å². The highest BCUT2D eigenvalue weighted by Gasteiger charge is 2.06. The van der Waals surface area contributed by atoms with Crippen LogP contribution < -0.4 is 10.6 Å². The van der Waals surface area contributed by atoms with E-state index in [9.17, 15) is 4.79 Å². The van der Waals surface area contributed by atoms with Gasteiger partial charge in [0.15, 0.2) is 0 Å². The van der Waals surface area contributed by atoms with Gasteiger partial charge in [-0.3, -0.25) is 14.8 Å². The maximum absolute atomic E-state index is 11.9. The number of halogens is 1. The van der Waals surface area contributed by atoms with Crippen LogP contribution in [0.5, 0.6) is 0 Å². The normalized spacial score (nSPS) is 9.95. The largest absolute Gasteiger partial charge is 0.351 e. The summed E-state index contributed by atoms with van der Waals surface area (Å²) in [5.41, 5.74) is 2.14. The molecular formula is C13H17ClN4O. The quantitative estimate of drug-likeness (QED) is 0.813. The van der Waals surface area contributed by atoms with Crippen molar-refractivity contribution in [3.8, 4) is 0 Å². The summed E-state index contributed by atoms with van der Waals surface area (Å²) in [6, 6.07) is 5.33. The Bertz CT molecular complexity index is 547. The molecule has 102 valence electrons. The number of hydrogen-bond donors (Lipinski definition) is 2. The molecule has 1 amide bonds. The second-order valence-corrected chi connectivity index (χ2v) is 3.87. The maximum atomic E-state index is 11.9. The lowest BCUT2D eigenvalue weighted by atomic mass is 10.2. The first-order chi connectivity index (χ1) is 8.81. The standard InChI is InChI=1S/C13H16N4O.ClH/c1-2-14-5-6-17-13(18)10-3-4-11-12(9-10)16-8-7-15-11;/h3-4,7-9,14H,2,5-6H2,1H3,(H,17,18);1H. The Morgan fingerprint density at radius 2 is 1.89 bits per heavy atom. The van der Waals surface area contributed by atoms with Gasteiger partial charge in [0.1, 0.15) is 0 Å². The molecule has 2 aromatic rings. The average molecular weight is 281 g/mol. The fraction of sp³-hybridized carbons (Fsp3) is 0.308. The van der Waals surface area contributed by atoms with Gasteiger partial charge in [0.05, 0.1) is 11.0 Å². The molecule has 0 bridgehead atoms. The predicted octanol–water partition coefficient (Wildman–Crippen LogP) is 1.39. The number of rotatable bonds is 5. The van der Waals surface area contributed by atoms with Crippen molar-refractivity contribution < 1.29 is 4.79 Å². The van der Waals surface area contributed by atoms with E-state index in [0.717, 1.165) is 24.1 Å². The number of fused-ring (bicyclic) bond motifs is 1. The smallest absolute Gasteiger partial charge is 0.251 e. The molecule has 5 nitrogen and oxygen atoms in total. The third-order valence-electron chi connectivity index (χ3n) is 2.57. The van der Waals surface area contributed by atoms with E-state index in [2.05, 4.69) is 20.6 Å². The van der Waals surface area contributed by atoms with Gasteiger partial charge in [-0.1, -0.05) is 6.92 Å². The van der Waals surface area contributed by atoms with E-state index in [1.165, 1.54) is 0 Å². The van der Waals surface area contributed by atoms with Gasteiger partial charge in [-0.15, -0.1) is 12.4 Å². The van der Waals surface area contributed by atoms with E-state index in [1.807, 2.05) is 13.0 Å². The summed E-state index contributed by atoms with van der Waals surface area (Å²) in [7, 11) is 0. The fourth-order valence-electron chi connectivity index (χ4n) is 1.65. The van der Waals surface area contributed by atoms with Crippen molar-refractivity contribution in [2.24, 2.45) is 0 Å². The molecule has 0 unspecified atom stereocenters. The summed E-state index contributed by atoms with van der Waals surface area (Å²) >= 11 is 0. The third kappa shape index (κ3) is 4.15. The Balaban J connectivity index is 0.00000180. The van der Waals surface area contributed by atoms with Crippen LogP contribution in [-0.4, -0.2) is 35.5 Å². The molecule has 1 aromatic heterocycles. The molecule has 19 heavy (non-hydrogen) atoms. The summed E-state index contributed by atoms with van der Waals surface area (Å²) in [5.74, 6) is -0.0829. The van der Waals surface area contributed by atoms with E-state index < -0.39 is 0 Å². The van der Waals surface area contributed by atoms with Crippen LogP contribution in [0, 0.1) is 0 Å². The van der Waals surface area contributed by atoms with Gasteiger partial charge in [0.25, 0.3) is 5.91 Å². The number of benzene rings is 1. The van der Waals surface area contributed by atoms with Crippen LogP contribution in [0.15, 0.2) is 30.6 Å². The highest BCUT2D eigenvalue weighted by Crippen LogP contribution is 2.10. The molecule has 0 saturated carbocycles. The van der Waals surface area contributed by atoms with Gasteiger partial charge in [0.2, 0.25) is 0 Å². The molecule has 2 rings (SSSR count). The molecule has 0 spiro atoms. The average Bonchev–Trinajstić information content (AvgIpc) is 2.43. The van der Waals surface area contributed by atoms with Gasteiger partial charge < -0.3 is 10.6 Å². The van der Waals surface area contributed by atoms with Crippen LogP contribution in [0.1, 0.15) is 17.3 Å². The number of amides is 1. The minimum atomic E-state index is -0.0829. The van der Waals surface area contributed by atoms with E-state index in [-0.39, 0.29) is 18.3 Å². The zero-order valence-corrected chi connectivity index (χ0v) is 11.5. The van der Waals surface area contributed by atoms with Crippen molar-refractivity contribution in [1.82, 2.24) is 20.6 Å². The topological polar surface area (TPSA) is 66.9 Å². The summed E-state index contributed by atoms with van der Waals surface area (Å²) in [6.45, 7) is 4.33. The van der Waals surface area contributed by atoms with Crippen molar-refractivity contribution in [3.63, 3.8) is 0 Å². The van der Waals surface area contributed by atoms with Crippen LogP contribution in [0.4, 0.5) is 0 Å². The number of carbonyl (C=O) groups excluding carboxylic acids is 1. The predicted molar refractivity (Wildman–Crippen MR) is 77.7 cm³/mol. The maximum Gasteiger partial charge on any atom is 0.251 e. The zero-order chi connectivity index (χ0) is 12.8. The van der Waals surface area contributed by atoms with E-state index in [1.54, 1.807) is 24.5 Å². The molecule has 0 aliphatic carbocycles. The van der Waals surface area contributed by atoms with Gasteiger partial charge in [0, 0.05) is 31.0 Å². The first kappa shape index (κ1) is 15.3. The number of nitrogens with zero attached hydrogens (tertiary/aromatic N) is 2. The molecule has 0 saturated heterocycles. The molecule has 6 heteroatoms. The summed E-state index contributed by atoms with van der Waals surface area (Å²) in [5, 5.41) is 6.00. The number of aromatic nitrogens is 2. The molecule has 2 N–H and O–H groups in total. The van der Waals surface area contributed by atoms with Gasteiger partial charge in [-0.2, -0.15) is 0 Å². The molecule has 1 aromatic carbocycles. The highest BCUT2D eigenvalue weighted by atomic mass is 35.5. The Kier molecular flexibility index (Phi) is 6.18. The summed E-state index contributed by atoms with van der Waals surface area (Å²) in [4.78, 5) is 20.2. The van der Waals surface area contributed by atoms with Gasteiger partial charge >= 0.3 is 0 Å². The van der Waals surface area contributed by atoms with E-state index in [0.29, 0.717) is 12.1 Å². The Morgan fingerprint density at radius 1 is 1.16 bits per heavy atom. The highest BCUT2D eigenvalue weighted by molar-refractivity contribution is 5.97. The third-order valence-corrected chi connectivity index (χ3v) is 2.57. The van der Waals surface area contributed by atoms with Crippen molar-refractivity contribution in [3.05, 3.63) is 36.2 Å². The number of nitrogens with one attached hydrogen (secondary N) is 2. The molecule has 0 fully saturated rings. The van der Waals surface area contributed by atoms with Crippen LogP contribution in [0.3, 0.4) is 0 Å². The Morgan fingerprint density at radius 3 is 2.63 bits per heavy atom. The zero-order valence-electron chi connectivity index (χ0n) is 10.7. The lowest BCUT2D eigenvalue weighted by Crippen LogP contribution is -2.31. The molecular weight excluding hydrogens is 264 g/mol. The van der Waals surface area contributed by atoms with Crippen LogP contribution in [0.25, 0.3) is 11.0 Å². The molecule has 1 heterocycles. The molecule has 0 aliphatic heterocycles.